The van der Waals surface area contributed by atoms with Crippen molar-refractivity contribution >= 4 is 5.91 Å². The van der Waals surface area contributed by atoms with Gasteiger partial charge in [-0.2, -0.15) is 0 Å². The number of hydrogen-bond acceptors (Lipinski definition) is 4. The molecule has 1 saturated heterocycles. The number of nitrogens with zero attached hydrogens (tertiary/aromatic N) is 3. The van der Waals surface area contributed by atoms with Gasteiger partial charge in [0.05, 0.1) is 0 Å². The van der Waals surface area contributed by atoms with E-state index < -0.39 is 0 Å². The highest BCUT2D eigenvalue weighted by molar-refractivity contribution is 5.92. The zero-order valence-corrected chi connectivity index (χ0v) is 12.2. The Morgan fingerprint density at radius 3 is 2.74 bits per heavy atom. The molecule has 0 unspecified atom stereocenters. The van der Waals surface area contributed by atoms with E-state index >= 15 is 0 Å². The van der Waals surface area contributed by atoms with E-state index in [9.17, 15) is 4.79 Å². The van der Waals surface area contributed by atoms with Crippen LogP contribution < -0.4 is 5.32 Å². The van der Waals surface area contributed by atoms with Gasteiger partial charge in [0.25, 0.3) is 5.91 Å². The van der Waals surface area contributed by atoms with Crippen LogP contribution in [0.25, 0.3) is 0 Å². The maximum absolute atomic E-state index is 12.1. The van der Waals surface area contributed by atoms with Crippen molar-refractivity contribution in [2.45, 2.75) is 32.1 Å². The highest BCUT2D eigenvalue weighted by Gasteiger charge is 2.32. The summed E-state index contributed by atoms with van der Waals surface area (Å²) in [6.45, 7) is 5.99. The molecule has 0 radical (unpaired) electrons. The van der Waals surface area contributed by atoms with Crippen LogP contribution in [0.4, 0.5) is 0 Å². The van der Waals surface area contributed by atoms with Gasteiger partial charge in [-0.25, -0.2) is 9.97 Å². The quantitative estimate of drug-likeness (QED) is 0.868. The minimum atomic E-state index is -0.0778. The number of aryl methyl sites for hydroxylation is 1. The third-order valence-electron chi connectivity index (χ3n) is 3.62. The Kier molecular flexibility index (Phi) is 3.85. The van der Waals surface area contributed by atoms with Crippen molar-refractivity contribution in [3.05, 3.63) is 23.3 Å². The van der Waals surface area contributed by atoms with E-state index in [2.05, 4.69) is 22.2 Å². The van der Waals surface area contributed by atoms with Gasteiger partial charge in [0.1, 0.15) is 11.5 Å². The van der Waals surface area contributed by atoms with Crippen LogP contribution in [-0.4, -0.2) is 48.0 Å². The highest BCUT2D eigenvalue weighted by atomic mass is 16.2. The SMILES string of the molecule is Cc1cc(C(=O)N(C)C)nc([C@]2(C)CCCNC2)n1. The van der Waals surface area contributed by atoms with Gasteiger partial charge in [0, 0.05) is 31.7 Å². The number of carbonyl (C=O) groups is 1. The van der Waals surface area contributed by atoms with Crippen LogP contribution in [-0.2, 0) is 5.41 Å². The molecule has 19 heavy (non-hydrogen) atoms. The molecule has 0 saturated carbocycles. The van der Waals surface area contributed by atoms with E-state index in [0.717, 1.165) is 37.4 Å². The lowest BCUT2D eigenvalue weighted by Crippen LogP contribution is -2.42. The summed E-state index contributed by atoms with van der Waals surface area (Å²) in [6.07, 6.45) is 2.17. The van der Waals surface area contributed by atoms with Crippen molar-refractivity contribution in [1.29, 1.82) is 0 Å². The molecule has 1 fully saturated rings. The van der Waals surface area contributed by atoms with Gasteiger partial charge in [0.2, 0.25) is 0 Å². The number of piperidine rings is 1. The predicted molar refractivity (Wildman–Crippen MR) is 74.2 cm³/mol. The number of rotatable bonds is 2. The fourth-order valence-electron chi connectivity index (χ4n) is 2.42. The lowest BCUT2D eigenvalue weighted by molar-refractivity contribution is 0.0820. The lowest BCUT2D eigenvalue weighted by atomic mass is 9.82. The lowest BCUT2D eigenvalue weighted by Gasteiger charge is -2.33. The summed E-state index contributed by atoms with van der Waals surface area (Å²) >= 11 is 0. The first kappa shape index (κ1) is 13.9. The van der Waals surface area contributed by atoms with Crippen LogP contribution in [0.1, 0.15) is 41.8 Å². The Balaban J connectivity index is 2.38. The van der Waals surface area contributed by atoms with Crippen LogP contribution in [0.5, 0.6) is 0 Å². The van der Waals surface area contributed by atoms with Crippen molar-refractivity contribution in [1.82, 2.24) is 20.2 Å². The molecule has 5 nitrogen and oxygen atoms in total. The molecule has 1 amide bonds. The zero-order valence-electron chi connectivity index (χ0n) is 12.2. The van der Waals surface area contributed by atoms with Gasteiger partial charge in [-0.3, -0.25) is 4.79 Å². The second-order valence-electron chi connectivity index (χ2n) is 5.76. The highest BCUT2D eigenvalue weighted by Crippen LogP contribution is 2.28. The largest absolute Gasteiger partial charge is 0.343 e. The fourth-order valence-corrected chi connectivity index (χ4v) is 2.42. The summed E-state index contributed by atoms with van der Waals surface area (Å²) in [4.78, 5) is 22.7. The van der Waals surface area contributed by atoms with Crippen molar-refractivity contribution in [2.24, 2.45) is 0 Å². The standard InChI is InChI=1S/C14H22N4O/c1-10-8-11(12(19)18(3)4)17-13(16-10)14(2)6-5-7-15-9-14/h8,15H,5-7,9H2,1-4H3/t14-/m1/s1. The molecule has 1 aliphatic heterocycles. The first-order chi connectivity index (χ1) is 8.92. The number of carbonyl (C=O) groups excluding carboxylic acids is 1. The van der Waals surface area contributed by atoms with Crippen LogP contribution in [0.2, 0.25) is 0 Å². The average Bonchev–Trinajstić information content (AvgIpc) is 2.38. The Morgan fingerprint density at radius 2 is 2.16 bits per heavy atom. The molecule has 1 aromatic heterocycles. The van der Waals surface area contributed by atoms with E-state index in [0.29, 0.717) is 5.69 Å². The predicted octanol–water partition coefficient (Wildman–Crippen LogP) is 1.13. The second-order valence-corrected chi connectivity index (χ2v) is 5.76. The van der Waals surface area contributed by atoms with Gasteiger partial charge in [-0.15, -0.1) is 0 Å². The fraction of sp³-hybridized carbons (Fsp3) is 0.643. The number of nitrogens with one attached hydrogen (secondary N) is 1. The topological polar surface area (TPSA) is 58.1 Å². The van der Waals surface area contributed by atoms with Gasteiger partial charge in [-0.1, -0.05) is 6.92 Å². The molecule has 1 aliphatic rings. The Bertz CT molecular complexity index is 478. The Hall–Kier alpha value is -1.49. The Morgan fingerprint density at radius 1 is 1.42 bits per heavy atom. The zero-order chi connectivity index (χ0) is 14.0. The molecule has 0 spiro atoms. The minimum absolute atomic E-state index is 0.0703. The van der Waals surface area contributed by atoms with E-state index in [1.165, 1.54) is 0 Å². The maximum Gasteiger partial charge on any atom is 0.272 e. The van der Waals surface area contributed by atoms with Crippen molar-refractivity contribution in [2.75, 3.05) is 27.2 Å². The normalized spacial score (nSPS) is 23.2. The summed E-state index contributed by atoms with van der Waals surface area (Å²) in [5, 5.41) is 3.39. The van der Waals surface area contributed by atoms with E-state index in [1.807, 2.05) is 6.92 Å². The van der Waals surface area contributed by atoms with Crippen LogP contribution in [0, 0.1) is 6.92 Å². The van der Waals surface area contributed by atoms with Gasteiger partial charge in [-0.05, 0) is 32.4 Å². The molecule has 1 atom stereocenters. The molecule has 0 aromatic carbocycles. The third-order valence-corrected chi connectivity index (χ3v) is 3.62. The molecule has 1 aromatic rings. The van der Waals surface area contributed by atoms with Gasteiger partial charge < -0.3 is 10.2 Å². The first-order valence-electron chi connectivity index (χ1n) is 6.71. The summed E-state index contributed by atoms with van der Waals surface area (Å²) in [5.74, 6) is 0.712. The second kappa shape index (κ2) is 5.25. The molecule has 5 heteroatoms. The summed E-state index contributed by atoms with van der Waals surface area (Å²) in [7, 11) is 3.48. The molecule has 2 rings (SSSR count). The molecule has 104 valence electrons. The van der Waals surface area contributed by atoms with E-state index in [1.54, 1.807) is 25.1 Å². The van der Waals surface area contributed by atoms with Crippen molar-refractivity contribution in [3.63, 3.8) is 0 Å². The van der Waals surface area contributed by atoms with Gasteiger partial charge in [0.15, 0.2) is 0 Å². The Labute approximate surface area is 114 Å². The number of amides is 1. The summed E-state index contributed by atoms with van der Waals surface area (Å²) < 4.78 is 0. The molecule has 0 bridgehead atoms. The van der Waals surface area contributed by atoms with Crippen molar-refractivity contribution < 1.29 is 4.79 Å². The third kappa shape index (κ3) is 2.92. The molecule has 2 heterocycles. The molecular weight excluding hydrogens is 240 g/mol. The van der Waals surface area contributed by atoms with E-state index in [-0.39, 0.29) is 11.3 Å². The number of aromatic nitrogens is 2. The van der Waals surface area contributed by atoms with E-state index in [4.69, 9.17) is 0 Å². The maximum atomic E-state index is 12.1. The molecule has 0 aliphatic carbocycles. The smallest absolute Gasteiger partial charge is 0.272 e. The molecule has 1 N–H and O–H groups in total. The average molecular weight is 262 g/mol. The van der Waals surface area contributed by atoms with Crippen LogP contribution in [0.3, 0.4) is 0 Å². The van der Waals surface area contributed by atoms with Crippen molar-refractivity contribution in [3.8, 4) is 0 Å². The monoisotopic (exact) mass is 262 g/mol. The first-order valence-corrected chi connectivity index (χ1v) is 6.71. The summed E-state index contributed by atoms with van der Waals surface area (Å²) in [5.41, 5.74) is 1.26. The summed E-state index contributed by atoms with van der Waals surface area (Å²) in [6, 6.07) is 1.76. The van der Waals surface area contributed by atoms with Crippen LogP contribution in [0.15, 0.2) is 6.07 Å². The minimum Gasteiger partial charge on any atom is -0.343 e. The molecular formula is C14H22N4O. The number of hydrogen-bond donors (Lipinski definition) is 1. The van der Waals surface area contributed by atoms with Crippen LogP contribution >= 0.6 is 0 Å². The van der Waals surface area contributed by atoms with Gasteiger partial charge >= 0.3 is 0 Å².